The Hall–Kier alpha value is -2.13. The molecule has 3 nitrogen and oxygen atoms in total. The number of carboxylic acids is 1. The number of hydrogen-bond donors (Lipinski definition) is 2. The van der Waals surface area contributed by atoms with Crippen LogP contribution in [0.15, 0.2) is 60.7 Å². The Bertz CT molecular complexity index is 526. The predicted molar refractivity (Wildman–Crippen MR) is 82.2 cm³/mol. The Morgan fingerprint density at radius 1 is 0.952 bits per heavy atom. The summed E-state index contributed by atoms with van der Waals surface area (Å²) in [5.74, 6) is -1.43. The first-order valence-electron chi connectivity index (χ1n) is 7.09. The summed E-state index contributed by atoms with van der Waals surface area (Å²) in [5.41, 5.74) is 1.99. The van der Waals surface area contributed by atoms with Gasteiger partial charge in [-0.15, -0.1) is 0 Å². The Balaban J connectivity index is 2.35. The van der Waals surface area contributed by atoms with Crippen molar-refractivity contribution in [1.29, 1.82) is 0 Å². The molecule has 0 aliphatic carbocycles. The first-order valence-corrected chi connectivity index (χ1v) is 7.09. The van der Waals surface area contributed by atoms with E-state index in [-0.39, 0.29) is 18.3 Å². The van der Waals surface area contributed by atoms with Crippen LogP contribution in [-0.2, 0) is 4.79 Å². The summed E-state index contributed by atoms with van der Waals surface area (Å²) in [6.07, 6.45) is -0.789. The number of hydrogen-bond acceptors (Lipinski definition) is 2. The highest BCUT2D eigenvalue weighted by Gasteiger charge is 2.28. The zero-order valence-corrected chi connectivity index (χ0v) is 12.0. The van der Waals surface area contributed by atoms with Crippen LogP contribution < -0.4 is 0 Å². The fourth-order valence-corrected chi connectivity index (χ4v) is 2.63. The summed E-state index contributed by atoms with van der Waals surface area (Å²) in [4.78, 5) is 10.9. The molecule has 0 saturated heterocycles. The van der Waals surface area contributed by atoms with Gasteiger partial charge in [-0.1, -0.05) is 67.6 Å². The first-order chi connectivity index (χ1) is 10.1. The average Bonchev–Trinajstić information content (AvgIpc) is 2.49. The van der Waals surface area contributed by atoms with E-state index in [0.717, 1.165) is 11.1 Å². The number of carbonyl (C=O) groups is 1. The van der Waals surface area contributed by atoms with Gasteiger partial charge in [-0.2, -0.15) is 0 Å². The average molecular weight is 284 g/mol. The van der Waals surface area contributed by atoms with Gasteiger partial charge >= 0.3 is 5.97 Å². The summed E-state index contributed by atoms with van der Waals surface area (Å²) in [6, 6.07) is 19.4. The van der Waals surface area contributed by atoms with Crippen LogP contribution in [0, 0.1) is 5.92 Å². The van der Waals surface area contributed by atoms with Gasteiger partial charge in [0.15, 0.2) is 0 Å². The van der Waals surface area contributed by atoms with Crippen LogP contribution in [0.3, 0.4) is 0 Å². The summed E-state index contributed by atoms with van der Waals surface area (Å²) in [5, 5.41) is 19.6. The number of rotatable bonds is 6. The molecule has 2 aromatic rings. The third-order valence-electron chi connectivity index (χ3n) is 3.74. The standard InChI is InChI=1S/C18H20O3/c1-13(12-16(19)20)18(21)17(14-8-4-2-5-9-14)15-10-6-3-7-11-15/h2-11,13,17-18,21H,12H2,1H3,(H,19,20). The third kappa shape index (κ3) is 3.92. The van der Waals surface area contributed by atoms with Crippen LogP contribution in [0.1, 0.15) is 30.4 Å². The summed E-state index contributed by atoms with van der Waals surface area (Å²) < 4.78 is 0. The van der Waals surface area contributed by atoms with Crippen molar-refractivity contribution in [1.82, 2.24) is 0 Å². The van der Waals surface area contributed by atoms with E-state index in [1.54, 1.807) is 6.92 Å². The lowest BCUT2D eigenvalue weighted by molar-refractivity contribution is -0.139. The van der Waals surface area contributed by atoms with Crippen LogP contribution in [-0.4, -0.2) is 22.3 Å². The smallest absolute Gasteiger partial charge is 0.303 e. The normalized spacial score (nSPS) is 13.9. The number of benzene rings is 2. The number of aliphatic hydroxyl groups is 1. The minimum Gasteiger partial charge on any atom is -0.481 e. The van der Waals surface area contributed by atoms with Crippen molar-refractivity contribution in [3.05, 3.63) is 71.8 Å². The fraction of sp³-hybridized carbons (Fsp3) is 0.278. The maximum atomic E-state index is 10.9. The number of carboxylic acid groups (broad SMARTS) is 1. The monoisotopic (exact) mass is 284 g/mol. The first kappa shape index (κ1) is 15.3. The summed E-state index contributed by atoms with van der Waals surface area (Å²) in [6.45, 7) is 1.78. The van der Waals surface area contributed by atoms with Gasteiger partial charge in [0.05, 0.1) is 12.5 Å². The molecule has 0 bridgehead atoms. The molecule has 3 heteroatoms. The van der Waals surface area contributed by atoms with Crippen LogP contribution in [0.25, 0.3) is 0 Å². The van der Waals surface area contributed by atoms with E-state index in [2.05, 4.69) is 0 Å². The highest BCUT2D eigenvalue weighted by Crippen LogP contribution is 2.32. The van der Waals surface area contributed by atoms with Gasteiger partial charge in [0.2, 0.25) is 0 Å². The van der Waals surface area contributed by atoms with Crippen LogP contribution >= 0.6 is 0 Å². The van der Waals surface area contributed by atoms with Gasteiger partial charge in [0, 0.05) is 5.92 Å². The zero-order valence-electron chi connectivity index (χ0n) is 12.0. The molecule has 0 spiro atoms. The minimum atomic E-state index is -0.888. The van der Waals surface area contributed by atoms with Crippen LogP contribution in [0.5, 0.6) is 0 Å². The molecule has 2 aromatic carbocycles. The van der Waals surface area contributed by atoms with Crippen molar-refractivity contribution >= 4 is 5.97 Å². The quantitative estimate of drug-likeness (QED) is 0.855. The Morgan fingerprint density at radius 3 is 1.76 bits per heavy atom. The van der Waals surface area contributed by atoms with E-state index in [0.29, 0.717) is 0 Å². The molecule has 0 saturated carbocycles. The van der Waals surface area contributed by atoms with Gasteiger partial charge in [-0.05, 0) is 17.0 Å². The molecule has 2 N–H and O–H groups in total. The van der Waals surface area contributed by atoms with Crippen molar-refractivity contribution in [3.8, 4) is 0 Å². The van der Waals surface area contributed by atoms with Gasteiger partial charge < -0.3 is 10.2 Å². The molecule has 0 heterocycles. The zero-order chi connectivity index (χ0) is 15.2. The molecule has 0 fully saturated rings. The highest BCUT2D eigenvalue weighted by atomic mass is 16.4. The van der Waals surface area contributed by atoms with Crippen molar-refractivity contribution < 1.29 is 15.0 Å². The second-order valence-electron chi connectivity index (χ2n) is 5.36. The van der Waals surface area contributed by atoms with Crippen LogP contribution in [0.2, 0.25) is 0 Å². The maximum Gasteiger partial charge on any atom is 0.303 e. The lowest BCUT2D eigenvalue weighted by atomic mass is 9.80. The Labute approximate surface area is 124 Å². The van der Waals surface area contributed by atoms with Gasteiger partial charge in [0.1, 0.15) is 0 Å². The highest BCUT2D eigenvalue weighted by molar-refractivity contribution is 5.67. The predicted octanol–water partition coefficient (Wildman–Crippen LogP) is 3.29. The molecule has 2 atom stereocenters. The van der Waals surface area contributed by atoms with E-state index in [4.69, 9.17) is 5.11 Å². The van der Waals surface area contributed by atoms with Crippen molar-refractivity contribution in [3.63, 3.8) is 0 Å². The van der Waals surface area contributed by atoms with Gasteiger partial charge in [-0.25, -0.2) is 0 Å². The molecule has 21 heavy (non-hydrogen) atoms. The molecular weight excluding hydrogens is 264 g/mol. The van der Waals surface area contributed by atoms with E-state index in [1.807, 2.05) is 60.7 Å². The SMILES string of the molecule is CC(CC(=O)O)C(O)C(c1ccccc1)c1ccccc1. The Morgan fingerprint density at radius 2 is 1.38 bits per heavy atom. The second-order valence-corrected chi connectivity index (χ2v) is 5.36. The van der Waals surface area contributed by atoms with E-state index in [9.17, 15) is 9.90 Å². The summed E-state index contributed by atoms with van der Waals surface area (Å²) in [7, 11) is 0. The molecular formula is C18H20O3. The lowest BCUT2D eigenvalue weighted by Gasteiger charge is -2.28. The van der Waals surface area contributed by atoms with Gasteiger partial charge in [-0.3, -0.25) is 4.79 Å². The van der Waals surface area contributed by atoms with Crippen LogP contribution in [0.4, 0.5) is 0 Å². The van der Waals surface area contributed by atoms with E-state index in [1.165, 1.54) is 0 Å². The molecule has 2 rings (SSSR count). The van der Waals surface area contributed by atoms with Crippen molar-refractivity contribution in [2.75, 3.05) is 0 Å². The Kier molecular flexibility index (Phi) is 5.12. The molecule has 0 aliphatic heterocycles. The molecule has 0 amide bonds. The van der Waals surface area contributed by atoms with Gasteiger partial charge in [0.25, 0.3) is 0 Å². The van der Waals surface area contributed by atoms with E-state index < -0.39 is 12.1 Å². The van der Waals surface area contributed by atoms with E-state index >= 15 is 0 Å². The molecule has 0 aliphatic rings. The lowest BCUT2D eigenvalue weighted by Crippen LogP contribution is -2.28. The number of aliphatic carboxylic acids is 1. The minimum absolute atomic E-state index is 0.0443. The van der Waals surface area contributed by atoms with Crippen molar-refractivity contribution in [2.24, 2.45) is 5.92 Å². The molecule has 0 radical (unpaired) electrons. The second kappa shape index (κ2) is 7.04. The molecule has 0 aromatic heterocycles. The third-order valence-corrected chi connectivity index (χ3v) is 3.74. The maximum absolute atomic E-state index is 10.9. The number of aliphatic hydroxyl groups excluding tert-OH is 1. The largest absolute Gasteiger partial charge is 0.481 e. The van der Waals surface area contributed by atoms with Crippen molar-refractivity contribution in [2.45, 2.75) is 25.4 Å². The fourth-order valence-electron chi connectivity index (χ4n) is 2.63. The molecule has 110 valence electrons. The topological polar surface area (TPSA) is 57.5 Å². The molecule has 2 unspecified atom stereocenters. The summed E-state index contributed by atoms with van der Waals surface area (Å²) >= 11 is 0.